The minimum Gasteiger partial charge on any atom is -0.307 e. The number of aromatic nitrogens is 4. The van der Waals surface area contributed by atoms with Crippen molar-refractivity contribution in [2.75, 3.05) is 20.1 Å². The molecule has 1 saturated heterocycles. The van der Waals surface area contributed by atoms with E-state index in [1.807, 2.05) is 17.9 Å². The molecule has 3 aromatic rings. The van der Waals surface area contributed by atoms with Crippen molar-refractivity contribution in [1.29, 1.82) is 0 Å². The first-order chi connectivity index (χ1) is 11.6. The van der Waals surface area contributed by atoms with Crippen LogP contribution in [0.25, 0.3) is 5.65 Å². The van der Waals surface area contributed by atoms with Gasteiger partial charge in [-0.3, -0.25) is 4.68 Å². The molecule has 4 rings (SSSR count). The van der Waals surface area contributed by atoms with E-state index in [1.54, 1.807) is 0 Å². The Morgan fingerprint density at radius 1 is 1.12 bits per heavy atom. The highest BCUT2D eigenvalue weighted by Gasteiger charge is 2.19. The fourth-order valence-electron chi connectivity index (χ4n) is 3.55. The van der Waals surface area contributed by atoms with E-state index in [0.717, 1.165) is 27.9 Å². The number of halogens is 1. The molecule has 0 amide bonds. The third-order valence-corrected chi connectivity index (χ3v) is 5.61. The van der Waals surface area contributed by atoms with E-state index in [9.17, 15) is 0 Å². The number of nitrogens with zero attached hydrogens (tertiary/aromatic N) is 5. The number of piperidine rings is 1. The van der Waals surface area contributed by atoms with Gasteiger partial charge >= 0.3 is 0 Å². The Bertz CT molecular complexity index is 858. The number of likely N-dealkylation sites (tertiary alicyclic amines) is 1. The van der Waals surface area contributed by atoms with Crippen LogP contribution in [-0.4, -0.2) is 44.2 Å². The Hall–Kier alpha value is -1.66. The van der Waals surface area contributed by atoms with Gasteiger partial charge in [0.25, 0.3) is 0 Å². The average Bonchev–Trinajstić information content (AvgIpc) is 3.10. The monoisotopic (exact) mass is 387 g/mol. The predicted octanol–water partition coefficient (Wildman–Crippen LogP) is 3.23. The van der Waals surface area contributed by atoms with E-state index < -0.39 is 0 Å². The van der Waals surface area contributed by atoms with Crippen LogP contribution in [0.3, 0.4) is 0 Å². The van der Waals surface area contributed by atoms with Crippen molar-refractivity contribution in [3.05, 3.63) is 52.1 Å². The van der Waals surface area contributed by atoms with Crippen LogP contribution in [0.15, 0.2) is 35.3 Å². The maximum atomic E-state index is 4.75. The second kappa shape index (κ2) is 6.33. The van der Waals surface area contributed by atoms with Crippen molar-refractivity contribution in [3.8, 4) is 0 Å². The summed E-state index contributed by atoms with van der Waals surface area (Å²) in [5, 5.41) is 4.34. The Labute approximate surface area is 150 Å². The van der Waals surface area contributed by atoms with Crippen molar-refractivity contribution < 1.29 is 0 Å². The molecule has 0 spiro atoms. The smallest absolute Gasteiger partial charge is 0.137 e. The lowest BCUT2D eigenvalue weighted by atomic mass is 9.91. The first-order valence-corrected chi connectivity index (χ1v) is 9.22. The normalized spacial score (nSPS) is 17.0. The third kappa shape index (κ3) is 3.13. The van der Waals surface area contributed by atoms with Gasteiger partial charge in [-0.2, -0.15) is 5.10 Å². The highest BCUT2D eigenvalue weighted by atomic mass is 79.9. The number of hydrogen-bond donors (Lipinski definition) is 0. The first-order valence-electron chi connectivity index (χ1n) is 8.42. The van der Waals surface area contributed by atoms with Gasteiger partial charge in [0.1, 0.15) is 10.3 Å². The topological polar surface area (TPSA) is 38.4 Å². The SMILES string of the molecule is CN1CCC(c2ccc3nc(Cc4cn(C)nc4Br)cn3c2)CC1. The number of hydrogen-bond acceptors (Lipinski definition) is 3. The highest BCUT2D eigenvalue weighted by Crippen LogP contribution is 2.28. The molecule has 5 nitrogen and oxygen atoms in total. The summed E-state index contributed by atoms with van der Waals surface area (Å²) in [7, 11) is 4.14. The summed E-state index contributed by atoms with van der Waals surface area (Å²) in [6.07, 6.45) is 9.73. The zero-order valence-electron chi connectivity index (χ0n) is 14.1. The molecule has 1 aliphatic rings. The van der Waals surface area contributed by atoms with Gasteiger partial charge in [0, 0.05) is 37.6 Å². The zero-order valence-corrected chi connectivity index (χ0v) is 15.7. The van der Waals surface area contributed by atoms with Gasteiger partial charge in [-0.1, -0.05) is 6.07 Å². The van der Waals surface area contributed by atoms with Crippen molar-refractivity contribution in [2.45, 2.75) is 25.2 Å². The summed E-state index contributed by atoms with van der Waals surface area (Å²) < 4.78 is 4.90. The highest BCUT2D eigenvalue weighted by molar-refractivity contribution is 9.10. The van der Waals surface area contributed by atoms with E-state index in [0.29, 0.717) is 5.92 Å². The predicted molar refractivity (Wildman–Crippen MR) is 98.4 cm³/mol. The standard InChI is InChI=1S/C18H22BrN5/c1-22-7-5-13(6-8-22)14-3-4-17-20-16(12-24(17)11-14)9-15-10-23(2)21-18(15)19/h3-4,10-13H,5-9H2,1-2H3. The molecule has 0 aromatic carbocycles. The minimum atomic E-state index is 0.670. The molecule has 0 radical (unpaired) electrons. The molecule has 24 heavy (non-hydrogen) atoms. The van der Waals surface area contributed by atoms with Crippen LogP contribution in [-0.2, 0) is 13.5 Å². The lowest BCUT2D eigenvalue weighted by Gasteiger charge is -2.29. The van der Waals surface area contributed by atoms with Gasteiger partial charge in [0.15, 0.2) is 0 Å². The van der Waals surface area contributed by atoms with Crippen molar-refractivity contribution in [2.24, 2.45) is 7.05 Å². The summed E-state index contributed by atoms with van der Waals surface area (Å²) >= 11 is 3.52. The van der Waals surface area contributed by atoms with Crippen molar-refractivity contribution in [3.63, 3.8) is 0 Å². The van der Waals surface area contributed by atoms with E-state index in [4.69, 9.17) is 4.98 Å². The Kier molecular flexibility index (Phi) is 4.18. The molecule has 0 bridgehead atoms. The average molecular weight is 388 g/mol. The Morgan fingerprint density at radius 3 is 2.62 bits per heavy atom. The molecular formula is C18H22BrN5. The number of aryl methyl sites for hydroxylation is 1. The molecule has 6 heteroatoms. The fraction of sp³-hybridized carbons (Fsp3) is 0.444. The quantitative estimate of drug-likeness (QED) is 0.692. The molecule has 4 heterocycles. The summed E-state index contributed by atoms with van der Waals surface area (Å²) in [6, 6.07) is 4.40. The summed E-state index contributed by atoms with van der Waals surface area (Å²) in [5.74, 6) is 0.670. The van der Waals surface area contributed by atoms with E-state index in [-0.39, 0.29) is 0 Å². The van der Waals surface area contributed by atoms with E-state index in [2.05, 4.69) is 61.9 Å². The Morgan fingerprint density at radius 2 is 1.92 bits per heavy atom. The number of fused-ring (bicyclic) bond motifs is 1. The van der Waals surface area contributed by atoms with Crippen LogP contribution in [0.5, 0.6) is 0 Å². The number of pyridine rings is 1. The van der Waals surface area contributed by atoms with Crippen molar-refractivity contribution in [1.82, 2.24) is 24.1 Å². The molecule has 0 aliphatic carbocycles. The van der Waals surface area contributed by atoms with E-state index in [1.165, 1.54) is 31.5 Å². The fourth-order valence-corrected chi connectivity index (χ4v) is 4.05. The summed E-state index contributed by atoms with van der Waals surface area (Å²) in [6.45, 7) is 2.37. The molecule has 3 aromatic heterocycles. The lowest BCUT2D eigenvalue weighted by molar-refractivity contribution is 0.255. The van der Waals surface area contributed by atoms with Crippen LogP contribution in [0.1, 0.15) is 35.6 Å². The number of imidazole rings is 1. The van der Waals surface area contributed by atoms with Crippen LogP contribution >= 0.6 is 15.9 Å². The summed E-state index contributed by atoms with van der Waals surface area (Å²) in [5.41, 5.74) is 4.68. The van der Waals surface area contributed by atoms with Gasteiger partial charge in [0.05, 0.1) is 5.69 Å². The molecule has 126 valence electrons. The number of rotatable bonds is 3. The van der Waals surface area contributed by atoms with Crippen LogP contribution in [0.4, 0.5) is 0 Å². The summed E-state index contributed by atoms with van der Waals surface area (Å²) in [4.78, 5) is 7.17. The van der Waals surface area contributed by atoms with Crippen LogP contribution in [0, 0.1) is 0 Å². The van der Waals surface area contributed by atoms with Crippen molar-refractivity contribution >= 4 is 21.6 Å². The van der Waals surface area contributed by atoms with Crippen LogP contribution < -0.4 is 0 Å². The maximum absolute atomic E-state index is 4.75. The molecular weight excluding hydrogens is 366 g/mol. The van der Waals surface area contributed by atoms with Crippen LogP contribution in [0.2, 0.25) is 0 Å². The third-order valence-electron chi connectivity index (χ3n) is 4.94. The molecule has 0 saturated carbocycles. The molecule has 0 N–H and O–H groups in total. The second-order valence-electron chi connectivity index (χ2n) is 6.83. The largest absolute Gasteiger partial charge is 0.307 e. The van der Waals surface area contributed by atoms with Gasteiger partial charge in [-0.25, -0.2) is 4.98 Å². The van der Waals surface area contributed by atoms with E-state index >= 15 is 0 Å². The van der Waals surface area contributed by atoms with Gasteiger partial charge < -0.3 is 9.30 Å². The molecule has 0 atom stereocenters. The van der Waals surface area contributed by atoms with Gasteiger partial charge in [-0.05, 0) is 66.5 Å². The Balaban J connectivity index is 1.58. The lowest BCUT2D eigenvalue weighted by Crippen LogP contribution is -2.29. The molecule has 0 unspecified atom stereocenters. The molecule has 1 fully saturated rings. The maximum Gasteiger partial charge on any atom is 0.137 e. The minimum absolute atomic E-state index is 0.670. The first kappa shape index (κ1) is 15.8. The second-order valence-corrected chi connectivity index (χ2v) is 7.58. The van der Waals surface area contributed by atoms with Gasteiger partial charge in [0.2, 0.25) is 0 Å². The zero-order chi connectivity index (χ0) is 16.7. The molecule has 1 aliphatic heterocycles. The van der Waals surface area contributed by atoms with Gasteiger partial charge in [-0.15, -0.1) is 0 Å².